The summed E-state index contributed by atoms with van der Waals surface area (Å²) < 4.78 is 0. The normalized spacial score (nSPS) is 19.6. The van der Waals surface area contributed by atoms with E-state index in [1.54, 1.807) is 18.2 Å². The molecule has 3 amide bonds. The van der Waals surface area contributed by atoms with Crippen LogP contribution in [-0.4, -0.2) is 76.7 Å². The van der Waals surface area contributed by atoms with E-state index in [4.69, 9.17) is 0 Å². The third kappa shape index (κ3) is 5.08. The van der Waals surface area contributed by atoms with Crippen molar-refractivity contribution in [1.82, 2.24) is 20.0 Å². The van der Waals surface area contributed by atoms with Gasteiger partial charge < -0.3 is 10.2 Å². The van der Waals surface area contributed by atoms with Gasteiger partial charge >= 0.3 is 0 Å². The largest absolute Gasteiger partial charge is 0.351 e. The zero-order valence-corrected chi connectivity index (χ0v) is 22.3. The number of amides is 3. The molecule has 1 fully saturated rings. The number of benzene rings is 2. The fraction of sp³-hybridized carbons (Fsp3) is 0.483. The second-order valence-electron chi connectivity index (χ2n) is 11.6. The number of hydrogen-bond acceptors (Lipinski definition) is 5. The van der Waals surface area contributed by atoms with Crippen molar-refractivity contribution in [2.45, 2.75) is 64.2 Å². The smallest absolute Gasteiger partial charge is 0.261 e. The quantitative estimate of drug-likeness (QED) is 0.598. The molecule has 0 atom stereocenters. The lowest BCUT2D eigenvalue weighted by atomic mass is 9.76. The van der Waals surface area contributed by atoms with Gasteiger partial charge in [0.2, 0.25) is 0 Å². The maximum Gasteiger partial charge on any atom is 0.261 e. The van der Waals surface area contributed by atoms with Gasteiger partial charge in [-0.1, -0.05) is 30.3 Å². The fourth-order valence-corrected chi connectivity index (χ4v) is 5.87. The highest BCUT2D eigenvalue weighted by Crippen LogP contribution is 2.43. The summed E-state index contributed by atoms with van der Waals surface area (Å²) in [5.41, 5.74) is 1.89. The molecule has 2 heterocycles. The Kier molecular flexibility index (Phi) is 7.08. The molecule has 0 aliphatic carbocycles. The van der Waals surface area contributed by atoms with Crippen LogP contribution in [0.15, 0.2) is 48.5 Å². The van der Waals surface area contributed by atoms with Gasteiger partial charge in [0, 0.05) is 42.3 Å². The summed E-state index contributed by atoms with van der Waals surface area (Å²) in [7, 11) is 3.88. The van der Waals surface area contributed by atoms with Crippen molar-refractivity contribution in [3.05, 3.63) is 70.8 Å². The number of fused-ring (bicyclic) bond motifs is 1. The first-order chi connectivity index (χ1) is 16.9. The van der Waals surface area contributed by atoms with Crippen LogP contribution in [0.4, 0.5) is 0 Å². The zero-order valence-electron chi connectivity index (χ0n) is 22.3. The van der Waals surface area contributed by atoms with E-state index in [1.807, 2.05) is 25.1 Å². The summed E-state index contributed by atoms with van der Waals surface area (Å²) in [6, 6.07) is 15.0. The van der Waals surface area contributed by atoms with Crippen molar-refractivity contribution >= 4 is 17.7 Å². The van der Waals surface area contributed by atoms with Crippen LogP contribution in [-0.2, 0) is 6.54 Å². The van der Waals surface area contributed by atoms with Crippen LogP contribution >= 0.6 is 0 Å². The summed E-state index contributed by atoms with van der Waals surface area (Å²) in [6.07, 6.45) is 1.37. The second-order valence-corrected chi connectivity index (χ2v) is 11.6. The van der Waals surface area contributed by atoms with Crippen molar-refractivity contribution in [2.24, 2.45) is 0 Å². The van der Waals surface area contributed by atoms with Crippen LogP contribution in [0.25, 0.3) is 0 Å². The molecule has 0 unspecified atom stereocenters. The summed E-state index contributed by atoms with van der Waals surface area (Å²) >= 11 is 0. The lowest BCUT2D eigenvalue weighted by Gasteiger charge is -2.56. The van der Waals surface area contributed by atoms with Gasteiger partial charge in [0.15, 0.2) is 0 Å². The topological polar surface area (TPSA) is 73.0 Å². The first-order valence-corrected chi connectivity index (χ1v) is 12.7. The number of imide groups is 1. The fourth-order valence-electron chi connectivity index (χ4n) is 5.87. The molecule has 2 aromatic carbocycles. The first-order valence-electron chi connectivity index (χ1n) is 12.7. The van der Waals surface area contributed by atoms with Gasteiger partial charge in [-0.3, -0.25) is 24.2 Å². The molecule has 1 N–H and O–H groups in total. The van der Waals surface area contributed by atoms with Gasteiger partial charge in [-0.2, -0.15) is 0 Å². The zero-order chi connectivity index (χ0) is 26.3. The Bertz CT molecular complexity index is 1140. The lowest BCUT2D eigenvalue weighted by molar-refractivity contribution is -0.0610. The van der Waals surface area contributed by atoms with Gasteiger partial charge in [0.05, 0.1) is 11.1 Å². The molecule has 36 heavy (non-hydrogen) atoms. The molecular formula is C29H38N4O3. The van der Waals surface area contributed by atoms with Crippen molar-refractivity contribution in [3.63, 3.8) is 0 Å². The maximum atomic E-state index is 13.5. The molecule has 2 aromatic rings. The van der Waals surface area contributed by atoms with E-state index in [9.17, 15) is 14.4 Å². The third-order valence-corrected chi connectivity index (χ3v) is 7.51. The summed E-state index contributed by atoms with van der Waals surface area (Å²) in [5, 5.41) is 2.87. The number of likely N-dealkylation sites (N-methyl/N-ethyl adjacent to an activating group) is 1. The number of nitrogens with zero attached hydrogens (tertiary/aromatic N) is 3. The molecule has 4 rings (SSSR count). The number of carbonyl (C=O) groups is 3. The summed E-state index contributed by atoms with van der Waals surface area (Å²) in [5.74, 6) is -0.802. The molecule has 192 valence electrons. The molecule has 0 bridgehead atoms. The predicted octanol–water partition coefficient (Wildman–Crippen LogP) is 3.80. The first kappa shape index (κ1) is 26.0. The molecule has 0 radical (unpaired) electrons. The Hall–Kier alpha value is -3.03. The summed E-state index contributed by atoms with van der Waals surface area (Å²) in [6.45, 7) is 10.8. The van der Waals surface area contributed by atoms with E-state index >= 15 is 0 Å². The highest BCUT2D eigenvalue weighted by Gasteiger charge is 2.50. The second kappa shape index (κ2) is 9.79. The van der Waals surface area contributed by atoms with E-state index in [2.05, 4.69) is 62.2 Å². The molecular weight excluding hydrogens is 452 g/mol. The number of nitrogens with one attached hydrogen (secondary N) is 1. The van der Waals surface area contributed by atoms with Gasteiger partial charge in [-0.15, -0.1) is 0 Å². The predicted molar refractivity (Wildman–Crippen MR) is 141 cm³/mol. The van der Waals surface area contributed by atoms with Crippen molar-refractivity contribution in [3.8, 4) is 0 Å². The van der Waals surface area contributed by atoms with Crippen molar-refractivity contribution < 1.29 is 14.4 Å². The highest BCUT2D eigenvalue weighted by atomic mass is 16.2. The third-order valence-electron chi connectivity index (χ3n) is 7.51. The Labute approximate surface area is 214 Å². The molecule has 7 heteroatoms. The van der Waals surface area contributed by atoms with Crippen molar-refractivity contribution in [1.29, 1.82) is 0 Å². The minimum atomic E-state index is -0.300. The van der Waals surface area contributed by atoms with Crippen LogP contribution < -0.4 is 5.32 Å². The van der Waals surface area contributed by atoms with Gasteiger partial charge in [-0.25, -0.2) is 0 Å². The van der Waals surface area contributed by atoms with Crippen LogP contribution in [0.3, 0.4) is 0 Å². The van der Waals surface area contributed by atoms with E-state index in [1.165, 1.54) is 10.5 Å². The van der Waals surface area contributed by atoms with E-state index in [-0.39, 0.29) is 34.8 Å². The number of carbonyl (C=O) groups excluding carboxylic acids is 3. The Balaban J connectivity index is 1.53. The SMILES string of the molecule is CN(C)CCNC(=O)c1ccc2c(c1)C(=O)N(C1CC(C)(C)N(Cc3ccccc3)C(C)(C)C1)C2=O. The monoisotopic (exact) mass is 490 g/mol. The van der Waals surface area contributed by atoms with E-state index in [0.29, 0.717) is 36.1 Å². The minimum Gasteiger partial charge on any atom is -0.351 e. The molecule has 2 aliphatic rings. The minimum absolute atomic E-state index is 0.216. The Morgan fingerprint density at radius 2 is 1.56 bits per heavy atom. The molecule has 0 spiro atoms. The van der Waals surface area contributed by atoms with Crippen LogP contribution in [0.2, 0.25) is 0 Å². The number of rotatable bonds is 7. The highest BCUT2D eigenvalue weighted by molar-refractivity contribution is 6.22. The molecule has 0 saturated carbocycles. The van der Waals surface area contributed by atoms with Gasteiger partial charge in [0.1, 0.15) is 0 Å². The van der Waals surface area contributed by atoms with E-state index in [0.717, 1.165) is 13.1 Å². The van der Waals surface area contributed by atoms with Crippen LogP contribution in [0, 0.1) is 0 Å². The van der Waals surface area contributed by atoms with E-state index < -0.39 is 0 Å². The van der Waals surface area contributed by atoms with Gasteiger partial charge in [0.25, 0.3) is 17.7 Å². The molecule has 1 saturated heterocycles. The maximum absolute atomic E-state index is 13.5. The van der Waals surface area contributed by atoms with Gasteiger partial charge in [-0.05, 0) is 78.4 Å². The van der Waals surface area contributed by atoms with Crippen molar-refractivity contribution in [2.75, 3.05) is 27.2 Å². The average Bonchev–Trinajstić information content (AvgIpc) is 3.05. The Morgan fingerprint density at radius 3 is 2.17 bits per heavy atom. The lowest BCUT2D eigenvalue weighted by Crippen LogP contribution is -2.64. The number of likely N-dealkylation sites (tertiary alicyclic amines) is 1. The Morgan fingerprint density at radius 1 is 0.944 bits per heavy atom. The number of piperidine rings is 1. The summed E-state index contributed by atoms with van der Waals surface area (Å²) in [4.78, 5) is 45.5. The van der Waals surface area contributed by atoms with Crippen LogP contribution in [0.1, 0.15) is 77.2 Å². The molecule has 0 aromatic heterocycles. The number of hydrogen-bond donors (Lipinski definition) is 1. The molecule has 2 aliphatic heterocycles. The average molecular weight is 491 g/mol. The molecule has 7 nitrogen and oxygen atoms in total. The standard InChI is InChI=1S/C29H38N4O3/c1-28(2)17-22(18-29(3,4)32(28)19-20-10-8-7-9-11-20)33-26(35)23-13-12-21(16-24(23)27(33)36)25(34)30-14-15-31(5)6/h7-13,16,22H,14-15,17-19H2,1-6H3,(H,30,34). The van der Waals surface area contributed by atoms with Crippen LogP contribution in [0.5, 0.6) is 0 Å².